The molecule has 0 saturated carbocycles. The summed E-state index contributed by atoms with van der Waals surface area (Å²) in [6, 6.07) is 0. The molecule has 0 aromatic carbocycles. The number of methoxy groups -OCH3 is 1. The van der Waals surface area contributed by atoms with E-state index in [0.29, 0.717) is 23.6 Å². The molecule has 1 aromatic rings. The Labute approximate surface area is 87.1 Å². The summed E-state index contributed by atoms with van der Waals surface area (Å²) in [6.45, 7) is 1.75. The zero-order chi connectivity index (χ0) is 11.4. The molecule has 0 radical (unpaired) electrons. The number of aliphatic carboxylic acids is 1. The van der Waals surface area contributed by atoms with Crippen molar-refractivity contribution in [1.29, 1.82) is 0 Å². The number of aryl methyl sites for hydroxylation is 1. The maximum absolute atomic E-state index is 10.4. The molecule has 1 aromatic heterocycles. The van der Waals surface area contributed by atoms with Crippen molar-refractivity contribution in [2.45, 2.75) is 19.8 Å². The predicted molar refractivity (Wildman–Crippen MR) is 53.7 cm³/mol. The molecule has 0 saturated heterocycles. The van der Waals surface area contributed by atoms with Crippen LogP contribution in [0.1, 0.15) is 17.7 Å². The summed E-state index contributed by atoms with van der Waals surface area (Å²) in [6.07, 6.45) is 0.356. The first kappa shape index (κ1) is 11.2. The lowest BCUT2D eigenvalue weighted by Gasteiger charge is -2.09. The van der Waals surface area contributed by atoms with Gasteiger partial charge >= 0.3 is 5.97 Å². The molecule has 6 heteroatoms. The molecule has 1 heterocycles. The molecule has 0 aliphatic carbocycles. The Bertz CT molecular complexity index is 379. The van der Waals surface area contributed by atoms with E-state index in [1.54, 1.807) is 6.92 Å². The fourth-order valence-electron chi connectivity index (χ4n) is 1.28. The van der Waals surface area contributed by atoms with Crippen molar-refractivity contribution in [3.8, 4) is 5.88 Å². The second-order valence-corrected chi connectivity index (χ2v) is 3.05. The third-order valence-electron chi connectivity index (χ3n) is 1.98. The topological polar surface area (TPSA) is 98.3 Å². The average molecular weight is 211 g/mol. The molecular weight excluding hydrogens is 198 g/mol. The minimum absolute atomic E-state index is 0.0183. The number of hydrogen-bond donors (Lipinski definition) is 2. The smallest absolute Gasteiger partial charge is 0.303 e. The highest BCUT2D eigenvalue weighted by Crippen LogP contribution is 2.20. The summed E-state index contributed by atoms with van der Waals surface area (Å²) >= 11 is 0. The summed E-state index contributed by atoms with van der Waals surface area (Å²) in [7, 11) is 1.46. The van der Waals surface area contributed by atoms with Crippen molar-refractivity contribution >= 4 is 11.9 Å². The van der Waals surface area contributed by atoms with Gasteiger partial charge < -0.3 is 15.6 Å². The van der Waals surface area contributed by atoms with Crippen molar-refractivity contribution in [2.75, 3.05) is 12.8 Å². The molecule has 0 amide bonds. The monoisotopic (exact) mass is 211 g/mol. The summed E-state index contributed by atoms with van der Waals surface area (Å²) in [5, 5.41) is 8.58. The van der Waals surface area contributed by atoms with Crippen molar-refractivity contribution in [1.82, 2.24) is 9.97 Å². The molecular formula is C9H13N3O3. The Hall–Kier alpha value is -1.85. The van der Waals surface area contributed by atoms with E-state index in [-0.39, 0.29) is 12.4 Å². The van der Waals surface area contributed by atoms with E-state index in [2.05, 4.69) is 9.97 Å². The molecule has 0 aliphatic heterocycles. The summed E-state index contributed by atoms with van der Waals surface area (Å²) in [5.41, 5.74) is 6.78. The van der Waals surface area contributed by atoms with Gasteiger partial charge in [-0.25, -0.2) is 4.98 Å². The highest BCUT2D eigenvalue weighted by atomic mass is 16.5. The Balaban J connectivity index is 2.98. The van der Waals surface area contributed by atoms with Crippen LogP contribution in [0.2, 0.25) is 0 Å². The lowest BCUT2D eigenvalue weighted by atomic mass is 10.1. The van der Waals surface area contributed by atoms with Crippen LogP contribution in [0.25, 0.3) is 0 Å². The van der Waals surface area contributed by atoms with Gasteiger partial charge in [0, 0.05) is 17.7 Å². The van der Waals surface area contributed by atoms with E-state index < -0.39 is 5.97 Å². The molecule has 0 bridgehead atoms. The van der Waals surface area contributed by atoms with Crippen LogP contribution < -0.4 is 10.5 Å². The van der Waals surface area contributed by atoms with Gasteiger partial charge in [0.1, 0.15) is 0 Å². The Kier molecular flexibility index (Phi) is 3.43. The standard InChI is InChI=1S/C9H13N3O3/c1-5-6(3-4-7(13)14)8(15-2)12-9(10)11-5/h3-4H2,1-2H3,(H,13,14)(H2,10,11,12). The van der Waals surface area contributed by atoms with Gasteiger partial charge in [0.25, 0.3) is 0 Å². The average Bonchev–Trinajstić information content (AvgIpc) is 2.14. The molecule has 3 N–H and O–H groups in total. The van der Waals surface area contributed by atoms with Crippen molar-refractivity contribution < 1.29 is 14.6 Å². The molecule has 0 unspecified atom stereocenters. The number of carboxylic acids is 1. The second-order valence-electron chi connectivity index (χ2n) is 3.05. The van der Waals surface area contributed by atoms with Gasteiger partial charge in [0.2, 0.25) is 11.8 Å². The first-order chi connectivity index (χ1) is 7.04. The fraction of sp³-hybridized carbons (Fsp3) is 0.444. The highest BCUT2D eigenvalue weighted by molar-refractivity contribution is 5.67. The van der Waals surface area contributed by atoms with Crippen LogP contribution in [-0.4, -0.2) is 28.2 Å². The van der Waals surface area contributed by atoms with Gasteiger partial charge in [-0.1, -0.05) is 0 Å². The predicted octanol–water partition coefficient (Wildman–Crippen LogP) is 0.393. The first-order valence-corrected chi connectivity index (χ1v) is 4.43. The van der Waals surface area contributed by atoms with E-state index in [1.807, 2.05) is 0 Å². The van der Waals surface area contributed by atoms with Crippen LogP contribution in [0, 0.1) is 6.92 Å². The lowest BCUT2D eigenvalue weighted by molar-refractivity contribution is -0.136. The number of nitrogen functional groups attached to an aromatic ring is 1. The van der Waals surface area contributed by atoms with Gasteiger partial charge in [-0.3, -0.25) is 4.79 Å². The number of aromatic nitrogens is 2. The fourth-order valence-corrected chi connectivity index (χ4v) is 1.28. The van der Waals surface area contributed by atoms with Gasteiger partial charge in [0.15, 0.2) is 0 Å². The number of hydrogen-bond acceptors (Lipinski definition) is 5. The van der Waals surface area contributed by atoms with Gasteiger partial charge in [-0.15, -0.1) is 0 Å². The number of carboxylic acid groups (broad SMARTS) is 1. The van der Waals surface area contributed by atoms with E-state index in [9.17, 15) is 4.79 Å². The largest absolute Gasteiger partial charge is 0.481 e. The number of nitrogens with zero attached hydrogens (tertiary/aromatic N) is 2. The van der Waals surface area contributed by atoms with Gasteiger partial charge in [-0.05, 0) is 13.3 Å². The molecule has 1 rings (SSSR count). The molecule has 0 spiro atoms. The minimum atomic E-state index is -0.867. The van der Waals surface area contributed by atoms with Crippen LogP contribution in [0.3, 0.4) is 0 Å². The molecule has 6 nitrogen and oxygen atoms in total. The summed E-state index contributed by atoms with van der Waals surface area (Å²) in [5.74, 6) is -0.391. The van der Waals surface area contributed by atoms with Gasteiger partial charge in [-0.2, -0.15) is 4.98 Å². The van der Waals surface area contributed by atoms with E-state index in [1.165, 1.54) is 7.11 Å². The van der Waals surface area contributed by atoms with Crippen LogP contribution in [0.4, 0.5) is 5.95 Å². The van der Waals surface area contributed by atoms with E-state index in [4.69, 9.17) is 15.6 Å². The number of anilines is 1. The second kappa shape index (κ2) is 4.59. The maximum atomic E-state index is 10.4. The van der Waals surface area contributed by atoms with Crippen molar-refractivity contribution in [2.24, 2.45) is 0 Å². The number of carbonyl (C=O) groups is 1. The molecule has 82 valence electrons. The normalized spacial score (nSPS) is 10.0. The third-order valence-corrected chi connectivity index (χ3v) is 1.98. The van der Waals surface area contributed by atoms with E-state index in [0.717, 1.165) is 0 Å². The minimum Gasteiger partial charge on any atom is -0.481 e. The molecule has 0 aliphatic rings. The van der Waals surface area contributed by atoms with Crippen molar-refractivity contribution in [3.63, 3.8) is 0 Å². The van der Waals surface area contributed by atoms with Crippen LogP contribution in [0.15, 0.2) is 0 Å². The van der Waals surface area contributed by atoms with Gasteiger partial charge in [0.05, 0.1) is 7.11 Å². The molecule has 0 atom stereocenters. The number of rotatable bonds is 4. The quantitative estimate of drug-likeness (QED) is 0.747. The summed E-state index contributed by atoms with van der Waals surface area (Å²) in [4.78, 5) is 18.3. The third kappa shape index (κ3) is 2.80. The van der Waals surface area contributed by atoms with Crippen LogP contribution >= 0.6 is 0 Å². The SMILES string of the molecule is COc1nc(N)nc(C)c1CCC(=O)O. The number of nitrogens with two attached hydrogens (primary N) is 1. The summed E-state index contributed by atoms with van der Waals surface area (Å²) < 4.78 is 5.02. The maximum Gasteiger partial charge on any atom is 0.303 e. The highest BCUT2D eigenvalue weighted by Gasteiger charge is 2.12. The Morgan fingerprint density at radius 1 is 1.53 bits per heavy atom. The first-order valence-electron chi connectivity index (χ1n) is 4.43. The Morgan fingerprint density at radius 2 is 2.20 bits per heavy atom. The number of ether oxygens (including phenoxy) is 1. The van der Waals surface area contributed by atoms with Crippen molar-refractivity contribution in [3.05, 3.63) is 11.3 Å². The zero-order valence-corrected chi connectivity index (χ0v) is 8.65. The van der Waals surface area contributed by atoms with Crippen LogP contribution in [0.5, 0.6) is 5.88 Å². The Morgan fingerprint density at radius 3 is 2.73 bits per heavy atom. The van der Waals surface area contributed by atoms with E-state index >= 15 is 0 Å². The molecule has 0 fully saturated rings. The molecule has 15 heavy (non-hydrogen) atoms. The zero-order valence-electron chi connectivity index (χ0n) is 8.65. The lowest BCUT2D eigenvalue weighted by Crippen LogP contribution is -2.07. The van der Waals surface area contributed by atoms with Crippen LogP contribution in [-0.2, 0) is 11.2 Å².